The highest BCUT2D eigenvalue weighted by Gasteiger charge is 2.51. The largest absolute Gasteiger partial charge is 0.508 e. The first-order chi connectivity index (χ1) is 19.4. The molecular weight excluding hydrogens is 548 g/mol. The normalized spacial score (nSPS) is 33.8. The van der Waals surface area contributed by atoms with E-state index in [-0.39, 0.29) is 29.9 Å². The zero-order chi connectivity index (χ0) is 30.0. The van der Waals surface area contributed by atoms with E-state index in [0.717, 1.165) is 17.7 Å². The van der Waals surface area contributed by atoms with Gasteiger partial charge in [0, 0.05) is 18.6 Å². The second kappa shape index (κ2) is 12.9. The summed E-state index contributed by atoms with van der Waals surface area (Å²) in [5, 5.41) is 91.5. The third-order valence-electron chi connectivity index (χ3n) is 7.10. The van der Waals surface area contributed by atoms with Crippen LogP contribution in [0.2, 0.25) is 0 Å². The molecule has 2 fully saturated rings. The number of hydrogen-bond donors (Lipinski definition) is 9. The molecule has 14 nitrogen and oxygen atoms in total. The molecule has 0 aliphatic carbocycles. The third-order valence-corrected chi connectivity index (χ3v) is 7.10. The maximum absolute atomic E-state index is 12.7. The Balaban J connectivity index is 1.52. The molecule has 2 aromatic rings. The maximum atomic E-state index is 12.7. The summed E-state index contributed by atoms with van der Waals surface area (Å²) in [4.78, 5) is 12.7. The Morgan fingerprint density at radius 1 is 0.829 bits per heavy atom. The van der Waals surface area contributed by atoms with Gasteiger partial charge in [-0.25, -0.2) is 0 Å². The zero-order valence-corrected chi connectivity index (χ0v) is 21.9. The predicted octanol–water partition coefficient (Wildman–Crippen LogP) is -1.35. The van der Waals surface area contributed by atoms with Crippen LogP contribution in [0, 0.1) is 0 Å². The van der Waals surface area contributed by atoms with E-state index in [2.05, 4.69) is 0 Å². The number of aliphatic hydroxyl groups excluding tert-OH is 6. The van der Waals surface area contributed by atoms with Gasteiger partial charge in [-0.3, -0.25) is 4.79 Å². The van der Waals surface area contributed by atoms with Crippen LogP contribution >= 0.6 is 0 Å². The van der Waals surface area contributed by atoms with Crippen molar-refractivity contribution in [1.29, 1.82) is 0 Å². The minimum absolute atomic E-state index is 0.0706. The summed E-state index contributed by atoms with van der Waals surface area (Å²) in [7, 11) is 0. The van der Waals surface area contributed by atoms with Crippen molar-refractivity contribution in [1.82, 2.24) is 0 Å². The van der Waals surface area contributed by atoms with E-state index in [9.17, 15) is 50.8 Å². The second-order valence-electron chi connectivity index (χ2n) is 10.0. The number of carbonyl (C=O) groups is 1. The Kier molecular flexibility index (Phi) is 9.69. The first-order valence-corrected chi connectivity index (χ1v) is 12.9. The topological polar surface area (TPSA) is 236 Å². The molecule has 226 valence electrons. The molecule has 2 aromatic carbocycles. The van der Waals surface area contributed by atoms with Crippen molar-refractivity contribution in [2.75, 3.05) is 6.61 Å². The highest BCUT2D eigenvalue weighted by Crippen LogP contribution is 2.36. The Bertz CT molecular complexity index is 1170. The number of benzene rings is 2. The van der Waals surface area contributed by atoms with Gasteiger partial charge < -0.3 is 64.9 Å². The molecule has 14 heteroatoms. The Labute approximate surface area is 234 Å². The molecule has 9 N–H and O–H groups in total. The van der Waals surface area contributed by atoms with Crippen LogP contribution in [0.5, 0.6) is 23.0 Å². The predicted molar refractivity (Wildman–Crippen MR) is 136 cm³/mol. The molecule has 0 bridgehead atoms. The van der Waals surface area contributed by atoms with Crippen LogP contribution in [0.25, 0.3) is 0 Å². The van der Waals surface area contributed by atoms with Gasteiger partial charge in [0.1, 0.15) is 65.2 Å². The van der Waals surface area contributed by atoms with Crippen LogP contribution in [0.4, 0.5) is 0 Å². The fourth-order valence-electron chi connectivity index (χ4n) is 4.70. The van der Waals surface area contributed by atoms with Crippen molar-refractivity contribution in [2.24, 2.45) is 0 Å². The molecule has 2 heterocycles. The summed E-state index contributed by atoms with van der Waals surface area (Å²) < 4.78 is 22.2. The summed E-state index contributed by atoms with van der Waals surface area (Å²) in [6.07, 6.45) is -15.3. The molecule has 2 aliphatic heterocycles. The lowest BCUT2D eigenvalue weighted by atomic mass is 9.97. The van der Waals surface area contributed by atoms with Crippen LogP contribution in [0.15, 0.2) is 36.4 Å². The summed E-state index contributed by atoms with van der Waals surface area (Å²) in [5.41, 5.74) is 0.385. The SMILES string of the molecule is CC1OC(OC2C(Oc3cc(O)c(C(=O)CCc4ccc(O)cc4)c(O)c3)OC(CO)C(O)C2O)C(O)C(O)C1O. The van der Waals surface area contributed by atoms with Gasteiger partial charge in [-0.1, -0.05) is 12.1 Å². The van der Waals surface area contributed by atoms with Crippen LogP contribution in [0.3, 0.4) is 0 Å². The molecule has 2 saturated heterocycles. The van der Waals surface area contributed by atoms with Gasteiger partial charge in [-0.15, -0.1) is 0 Å². The van der Waals surface area contributed by atoms with Gasteiger partial charge in [0.25, 0.3) is 0 Å². The number of aromatic hydroxyl groups is 3. The van der Waals surface area contributed by atoms with Crippen LogP contribution < -0.4 is 4.74 Å². The number of ketones is 1. The quantitative estimate of drug-likeness (QED) is 0.156. The van der Waals surface area contributed by atoms with E-state index in [0.29, 0.717) is 0 Å². The maximum Gasteiger partial charge on any atom is 0.229 e. The lowest BCUT2D eigenvalue weighted by Gasteiger charge is -2.45. The minimum atomic E-state index is -1.77. The smallest absolute Gasteiger partial charge is 0.229 e. The van der Waals surface area contributed by atoms with Crippen molar-refractivity contribution in [2.45, 2.75) is 81.2 Å². The molecule has 2 aliphatic rings. The summed E-state index contributed by atoms with van der Waals surface area (Å²) in [6, 6.07) is 8.22. The third kappa shape index (κ3) is 6.72. The molecule has 0 aromatic heterocycles. The highest BCUT2D eigenvalue weighted by molar-refractivity contribution is 6.01. The van der Waals surface area contributed by atoms with E-state index >= 15 is 0 Å². The number of carbonyl (C=O) groups excluding carboxylic acids is 1. The molecule has 10 atom stereocenters. The van der Waals surface area contributed by atoms with E-state index < -0.39 is 85.3 Å². The number of aliphatic hydroxyl groups is 6. The molecule has 0 saturated carbocycles. The molecule has 10 unspecified atom stereocenters. The number of phenols is 3. The number of hydrogen-bond acceptors (Lipinski definition) is 14. The lowest BCUT2D eigenvalue weighted by Crippen LogP contribution is -2.64. The van der Waals surface area contributed by atoms with E-state index in [1.807, 2.05) is 0 Å². The van der Waals surface area contributed by atoms with Gasteiger partial charge in [-0.2, -0.15) is 0 Å². The van der Waals surface area contributed by atoms with Gasteiger partial charge in [-0.05, 0) is 31.0 Å². The fraction of sp³-hybridized carbons (Fsp3) is 0.519. The number of aryl methyl sites for hydroxylation is 1. The monoisotopic (exact) mass is 582 g/mol. The van der Waals surface area contributed by atoms with Gasteiger partial charge >= 0.3 is 0 Å². The van der Waals surface area contributed by atoms with Crippen LogP contribution in [-0.2, 0) is 20.6 Å². The zero-order valence-electron chi connectivity index (χ0n) is 21.9. The first-order valence-electron chi connectivity index (χ1n) is 12.9. The van der Waals surface area contributed by atoms with Gasteiger partial charge in [0.05, 0.1) is 12.7 Å². The van der Waals surface area contributed by atoms with E-state index in [4.69, 9.17) is 18.9 Å². The Morgan fingerprint density at radius 3 is 2.07 bits per heavy atom. The van der Waals surface area contributed by atoms with Gasteiger partial charge in [0.15, 0.2) is 18.2 Å². The van der Waals surface area contributed by atoms with Crippen LogP contribution in [0.1, 0.15) is 29.3 Å². The lowest BCUT2D eigenvalue weighted by molar-refractivity contribution is -0.354. The average molecular weight is 583 g/mol. The fourth-order valence-corrected chi connectivity index (χ4v) is 4.70. The summed E-state index contributed by atoms with van der Waals surface area (Å²) in [5.74, 6) is -2.00. The summed E-state index contributed by atoms with van der Waals surface area (Å²) in [6.45, 7) is 0.675. The minimum Gasteiger partial charge on any atom is -0.508 e. The average Bonchev–Trinajstić information content (AvgIpc) is 2.93. The second-order valence-corrected chi connectivity index (χ2v) is 10.0. The first kappa shape index (κ1) is 30.9. The molecule has 0 spiro atoms. The summed E-state index contributed by atoms with van der Waals surface area (Å²) >= 11 is 0. The molecular formula is C27H34O14. The standard InChI is InChI=1S/C27H34O14/c1-11-20(33)22(35)24(37)26(38-11)41-25-23(36)21(34)18(10-28)40-27(25)39-14-8-16(31)19(17(32)9-14)15(30)7-4-12-2-5-13(29)6-3-12/h2-3,5-6,8-9,11,18,20-29,31-37H,4,7,10H2,1H3. The Morgan fingerprint density at radius 2 is 1.46 bits per heavy atom. The Hall–Kier alpha value is -3.05. The number of ether oxygens (including phenoxy) is 4. The van der Waals surface area contributed by atoms with E-state index in [1.165, 1.54) is 19.1 Å². The van der Waals surface area contributed by atoms with Crippen molar-refractivity contribution in [3.8, 4) is 23.0 Å². The van der Waals surface area contributed by atoms with Crippen molar-refractivity contribution in [3.63, 3.8) is 0 Å². The molecule has 0 amide bonds. The number of rotatable bonds is 9. The van der Waals surface area contributed by atoms with Crippen molar-refractivity contribution in [3.05, 3.63) is 47.5 Å². The van der Waals surface area contributed by atoms with Gasteiger partial charge in [0.2, 0.25) is 6.29 Å². The number of Topliss-reactive ketones (excluding diaryl/α,β-unsaturated/α-hetero) is 1. The molecule has 41 heavy (non-hydrogen) atoms. The molecule has 4 rings (SSSR count). The number of phenolic OH excluding ortho intramolecular Hbond substituents is 3. The van der Waals surface area contributed by atoms with E-state index in [1.54, 1.807) is 12.1 Å². The van der Waals surface area contributed by atoms with Crippen molar-refractivity contribution < 1.29 is 69.7 Å². The van der Waals surface area contributed by atoms with Crippen LogP contribution in [-0.4, -0.2) is 120 Å². The molecule has 0 radical (unpaired) electrons. The highest BCUT2D eigenvalue weighted by atomic mass is 16.8. The van der Waals surface area contributed by atoms with Crippen molar-refractivity contribution >= 4 is 5.78 Å².